The summed E-state index contributed by atoms with van der Waals surface area (Å²) < 4.78 is 6.04. The number of nitrogens with one attached hydrogen (secondary N) is 1. The van der Waals surface area contributed by atoms with Crippen LogP contribution in [0.5, 0.6) is 5.75 Å². The molecule has 1 atom stereocenters. The lowest BCUT2D eigenvalue weighted by Gasteiger charge is -2.31. The predicted molar refractivity (Wildman–Crippen MR) is 168 cm³/mol. The van der Waals surface area contributed by atoms with E-state index in [1.165, 1.54) is 0 Å². The number of rotatable bonds is 12. The highest BCUT2D eigenvalue weighted by Crippen LogP contribution is 2.36. The minimum atomic E-state index is -0.169. The van der Waals surface area contributed by atoms with Crippen molar-refractivity contribution in [2.75, 3.05) is 33.9 Å². The van der Waals surface area contributed by atoms with Crippen molar-refractivity contribution in [2.45, 2.75) is 53.0 Å². The van der Waals surface area contributed by atoms with Crippen LogP contribution in [0.3, 0.4) is 0 Å². The van der Waals surface area contributed by atoms with E-state index in [0.29, 0.717) is 29.5 Å². The first-order valence-corrected chi connectivity index (χ1v) is 13.9. The molecule has 0 radical (unpaired) electrons. The van der Waals surface area contributed by atoms with E-state index >= 15 is 0 Å². The van der Waals surface area contributed by atoms with E-state index in [-0.39, 0.29) is 42.8 Å². The van der Waals surface area contributed by atoms with Crippen LogP contribution < -0.4 is 10.1 Å². The molecule has 2 N–H and O–H groups in total. The first kappa shape index (κ1) is 33.6. The summed E-state index contributed by atoms with van der Waals surface area (Å²) in [5, 5.41) is 13.1. The van der Waals surface area contributed by atoms with E-state index in [4.69, 9.17) is 21.3 Å². The number of carbonyl (C=O) groups is 1. The number of hydrogen-bond acceptors (Lipinski definition) is 5. The van der Waals surface area contributed by atoms with Gasteiger partial charge in [0.1, 0.15) is 5.75 Å². The second-order valence-electron chi connectivity index (χ2n) is 11.3. The van der Waals surface area contributed by atoms with Crippen molar-refractivity contribution in [2.24, 2.45) is 5.41 Å². The monoisotopic (exact) mass is 587 g/mol. The van der Waals surface area contributed by atoms with Crippen molar-refractivity contribution < 1.29 is 14.6 Å². The summed E-state index contributed by atoms with van der Waals surface area (Å²) >= 11 is 6.49. The van der Waals surface area contributed by atoms with Crippen molar-refractivity contribution in [3.8, 4) is 28.1 Å². The van der Waals surface area contributed by atoms with Crippen molar-refractivity contribution in [3.05, 3.63) is 70.9 Å². The first-order valence-electron chi connectivity index (χ1n) is 13.5. The van der Waals surface area contributed by atoms with Crippen molar-refractivity contribution in [1.82, 2.24) is 15.2 Å². The third-order valence-electron chi connectivity index (χ3n) is 6.74. The average molecular weight is 589 g/mol. The van der Waals surface area contributed by atoms with Crippen molar-refractivity contribution in [1.29, 1.82) is 0 Å². The second kappa shape index (κ2) is 15.4. The molecule has 0 aliphatic carbocycles. The minimum Gasteiger partial charge on any atom is -0.492 e. The Kier molecular flexibility index (Phi) is 12.9. The number of benzene rings is 2. The molecule has 218 valence electrons. The molecular weight excluding hydrogens is 545 g/mol. The molecule has 0 aliphatic heterocycles. The third-order valence-corrected chi connectivity index (χ3v) is 7.05. The van der Waals surface area contributed by atoms with Gasteiger partial charge in [0, 0.05) is 30.3 Å². The van der Waals surface area contributed by atoms with E-state index in [1.807, 2.05) is 56.6 Å². The van der Waals surface area contributed by atoms with Gasteiger partial charge < -0.3 is 20.1 Å². The zero-order valence-electron chi connectivity index (χ0n) is 24.5. The van der Waals surface area contributed by atoms with Crippen LogP contribution in [0.4, 0.5) is 0 Å². The molecule has 6 nitrogen and oxygen atoms in total. The minimum absolute atomic E-state index is 0. The summed E-state index contributed by atoms with van der Waals surface area (Å²) in [6.45, 7) is 9.75. The van der Waals surface area contributed by atoms with E-state index in [9.17, 15) is 9.90 Å². The number of ether oxygens (including phenoxy) is 1. The summed E-state index contributed by atoms with van der Waals surface area (Å²) in [7, 11) is 4.07. The maximum absolute atomic E-state index is 13.0. The largest absolute Gasteiger partial charge is 0.492 e. The standard InChI is InChI=1S/C32H42ClN3O3.ClH/c1-22-10-7-8-11-25(22)26-14-13-24(21-30(38)35-29(16-18-37)32(2,3)4)34-31(26)23-12-15-27(33)28(20-23)39-19-9-17-36(5)6;/h7-8,10-15,20,29,37H,9,16-19,21H2,1-6H3,(H,35,38);1H/t29-;/m0./s1. The van der Waals surface area contributed by atoms with Gasteiger partial charge in [0.25, 0.3) is 0 Å². The zero-order valence-corrected chi connectivity index (χ0v) is 26.0. The van der Waals surface area contributed by atoms with Crippen LogP contribution in [0.25, 0.3) is 22.4 Å². The normalized spacial score (nSPS) is 12.1. The second-order valence-corrected chi connectivity index (χ2v) is 11.7. The number of aromatic nitrogens is 1. The molecule has 2 aromatic carbocycles. The van der Waals surface area contributed by atoms with Gasteiger partial charge in [0.15, 0.2) is 0 Å². The fourth-order valence-corrected chi connectivity index (χ4v) is 4.67. The molecule has 0 spiro atoms. The number of nitrogens with zero attached hydrogens (tertiary/aromatic N) is 2. The molecule has 1 heterocycles. The fraction of sp³-hybridized carbons (Fsp3) is 0.438. The Morgan fingerprint density at radius 3 is 2.48 bits per heavy atom. The number of carbonyl (C=O) groups excluding carboxylic acids is 1. The highest BCUT2D eigenvalue weighted by Gasteiger charge is 2.26. The summed E-state index contributed by atoms with van der Waals surface area (Å²) in [6.07, 6.45) is 1.53. The van der Waals surface area contributed by atoms with Crippen LogP contribution in [0, 0.1) is 12.3 Å². The summed E-state index contributed by atoms with van der Waals surface area (Å²) in [5.41, 5.74) is 5.33. The van der Waals surface area contributed by atoms with E-state index in [2.05, 4.69) is 50.0 Å². The molecule has 0 bridgehead atoms. The summed E-state index contributed by atoms with van der Waals surface area (Å²) in [6, 6.07) is 17.7. The lowest BCUT2D eigenvalue weighted by Crippen LogP contribution is -2.44. The van der Waals surface area contributed by atoms with Gasteiger partial charge in [-0.2, -0.15) is 0 Å². The van der Waals surface area contributed by atoms with Crippen molar-refractivity contribution in [3.63, 3.8) is 0 Å². The van der Waals surface area contributed by atoms with Gasteiger partial charge >= 0.3 is 0 Å². The van der Waals surface area contributed by atoms with Crippen LogP contribution in [0.2, 0.25) is 5.02 Å². The topological polar surface area (TPSA) is 74.7 Å². The number of amides is 1. The Morgan fingerprint density at radius 2 is 1.82 bits per heavy atom. The maximum atomic E-state index is 13.0. The molecule has 0 fully saturated rings. The van der Waals surface area contributed by atoms with Crippen LogP contribution >= 0.6 is 24.0 Å². The van der Waals surface area contributed by atoms with Gasteiger partial charge in [0.05, 0.1) is 29.4 Å². The summed E-state index contributed by atoms with van der Waals surface area (Å²) in [5.74, 6) is 0.497. The molecule has 8 heteroatoms. The summed E-state index contributed by atoms with van der Waals surface area (Å²) in [4.78, 5) is 20.1. The number of aliphatic hydroxyl groups excluding tert-OH is 1. The van der Waals surface area contributed by atoms with E-state index < -0.39 is 0 Å². The van der Waals surface area contributed by atoms with Crippen molar-refractivity contribution >= 4 is 29.9 Å². The molecule has 3 rings (SSSR count). The molecule has 0 saturated carbocycles. The molecule has 0 aliphatic rings. The Hall–Kier alpha value is -2.64. The molecule has 40 heavy (non-hydrogen) atoms. The van der Waals surface area contributed by atoms with Crippen LogP contribution in [-0.2, 0) is 11.2 Å². The molecule has 3 aromatic rings. The Labute approximate surface area is 250 Å². The number of hydrogen-bond donors (Lipinski definition) is 2. The van der Waals surface area contributed by atoms with Gasteiger partial charge in [-0.25, -0.2) is 0 Å². The molecular formula is C32H43Cl2N3O3. The lowest BCUT2D eigenvalue weighted by molar-refractivity contribution is -0.122. The van der Waals surface area contributed by atoms with Gasteiger partial charge in [-0.1, -0.05) is 68.8 Å². The van der Waals surface area contributed by atoms with Crippen LogP contribution in [0.1, 0.15) is 44.9 Å². The highest BCUT2D eigenvalue weighted by molar-refractivity contribution is 6.32. The number of aliphatic hydroxyl groups is 1. The third kappa shape index (κ3) is 9.48. The van der Waals surface area contributed by atoms with E-state index in [1.54, 1.807) is 0 Å². The quantitative estimate of drug-likeness (QED) is 0.234. The predicted octanol–water partition coefficient (Wildman–Crippen LogP) is 6.59. The molecule has 0 saturated heterocycles. The molecule has 1 amide bonds. The zero-order chi connectivity index (χ0) is 28.6. The maximum Gasteiger partial charge on any atom is 0.226 e. The Bertz CT molecular complexity index is 1260. The molecule has 0 unspecified atom stereocenters. The van der Waals surface area contributed by atoms with Gasteiger partial charge in [-0.05, 0) is 68.6 Å². The van der Waals surface area contributed by atoms with Crippen LogP contribution in [0.15, 0.2) is 54.6 Å². The number of halogens is 2. The average Bonchev–Trinajstić information content (AvgIpc) is 2.87. The Morgan fingerprint density at radius 1 is 1.10 bits per heavy atom. The Balaban J connectivity index is 0.00000560. The lowest BCUT2D eigenvalue weighted by atomic mass is 9.85. The SMILES string of the molecule is Cc1ccccc1-c1ccc(CC(=O)N[C@@H](CCO)C(C)(C)C)nc1-c1ccc(Cl)c(OCCCN(C)C)c1.Cl. The van der Waals surface area contributed by atoms with Crippen LogP contribution in [-0.4, -0.2) is 60.8 Å². The number of pyridine rings is 1. The fourth-order valence-electron chi connectivity index (χ4n) is 4.50. The molecule has 1 aromatic heterocycles. The van der Waals surface area contributed by atoms with Gasteiger partial charge in [0.2, 0.25) is 5.91 Å². The van der Waals surface area contributed by atoms with Gasteiger partial charge in [-0.15, -0.1) is 12.4 Å². The first-order chi connectivity index (χ1) is 18.5. The van der Waals surface area contributed by atoms with E-state index in [0.717, 1.165) is 40.9 Å². The number of aryl methyl sites for hydroxylation is 1. The smallest absolute Gasteiger partial charge is 0.226 e. The van der Waals surface area contributed by atoms with Gasteiger partial charge in [-0.3, -0.25) is 9.78 Å². The highest BCUT2D eigenvalue weighted by atomic mass is 35.5.